The number of amidine groups is 1. The van der Waals surface area contributed by atoms with E-state index in [0.29, 0.717) is 6.04 Å². The average Bonchev–Trinajstić information content (AvgIpc) is 2.85. The number of nitrogen functional groups attached to an aromatic ring is 1. The van der Waals surface area contributed by atoms with Crippen LogP contribution in [-0.4, -0.2) is 79.1 Å². The molecular formula is C25H33N5O3. The van der Waals surface area contributed by atoms with Gasteiger partial charge in [0.1, 0.15) is 17.6 Å². The fourth-order valence-corrected chi connectivity index (χ4v) is 5.00. The highest BCUT2D eigenvalue weighted by Gasteiger charge is 2.33. The predicted octanol–water partition coefficient (Wildman–Crippen LogP) is 2.39. The largest absolute Gasteiger partial charge is 0.497 e. The number of nitrogens with one attached hydrogen (secondary N) is 1. The Morgan fingerprint density at radius 1 is 1.00 bits per heavy atom. The van der Waals surface area contributed by atoms with Gasteiger partial charge in [-0.15, -0.1) is 0 Å². The first-order valence-corrected chi connectivity index (χ1v) is 11.5. The van der Waals surface area contributed by atoms with Crippen molar-refractivity contribution in [3.8, 4) is 5.75 Å². The second-order valence-corrected chi connectivity index (χ2v) is 8.76. The van der Waals surface area contributed by atoms with Crippen LogP contribution in [0, 0.1) is 5.41 Å². The molecule has 4 N–H and O–H groups in total. The van der Waals surface area contributed by atoms with Gasteiger partial charge in [0.15, 0.2) is 0 Å². The number of piperidine rings is 1. The summed E-state index contributed by atoms with van der Waals surface area (Å²) in [5.74, 6) is 0.0217. The summed E-state index contributed by atoms with van der Waals surface area (Å²) in [6, 6.07) is 15.1. The lowest BCUT2D eigenvalue weighted by Crippen LogP contribution is -2.54. The van der Waals surface area contributed by atoms with E-state index in [1.807, 2.05) is 48.5 Å². The number of benzene rings is 2. The molecule has 0 saturated carbocycles. The number of anilines is 1. The minimum absolute atomic E-state index is 0.0924. The smallest absolute Gasteiger partial charge is 0.325 e. The second kappa shape index (κ2) is 10.2. The summed E-state index contributed by atoms with van der Waals surface area (Å²) in [4.78, 5) is 19.1. The molecule has 2 aliphatic heterocycles. The third kappa shape index (κ3) is 5.29. The Labute approximate surface area is 195 Å². The molecule has 8 heteroatoms. The van der Waals surface area contributed by atoms with E-state index < -0.39 is 12.0 Å². The van der Waals surface area contributed by atoms with E-state index in [2.05, 4.69) is 14.7 Å². The van der Waals surface area contributed by atoms with E-state index in [1.54, 1.807) is 7.11 Å². The molecule has 0 radical (unpaired) electrons. The van der Waals surface area contributed by atoms with Crippen LogP contribution in [-0.2, 0) is 4.79 Å². The van der Waals surface area contributed by atoms with Crippen LogP contribution in [0.25, 0.3) is 0 Å². The van der Waals surface area contributed by atoms with Crippen molar-refractivity contribution in [2.24, 2.45) is 5.73 Å². The van der Waals surface area contributed by atoms with Gasteiger partial charge in [-0.3, -0.25) is 20.0 Å². The lowest BCUT2D eigenvalue weighted by Gasteiger charge is -2.44. The Morgan fingerprint density at radius 2 is 1.61 bits per heavy atom. The molecule has 0 aliphatic carbocycles. The maximum Gasteiger partial charge on any atom is 0.325 e. The van der Waals surface area contributed by atoms with Crippen molar-refractivity contribution < 1.29 is 14.6 Å². The predicted molar refractivity (Wildman–Crippen MR) is 129 cm³/mol. The average molecular weight is 452 g/mol. The van der Waals surface area contributed by atoms with Crippen molar-refractivity contribution >= 4 is 17.5 Å². The third-order valence-electron chi connectivity index (χ3n) is 6.90. The molecule has 1 unspecified atom stereocenters. The molecule has 0 bridgehead atoms. The quantitative estimate of drug-likeness (QED) is 0.438. The highest BCUT2D eigenvalue weighted by Crippen LogP contribution is 2.29. The molecule has 8 nitrogen and oxygen atoms in total. The van der Waals surface area contributed by atoms with Crippen molar-refractivity contribution in [3.05, 3.63) is 59.7 Å². The summed E-state index contributed by atoms with van der Waals surface area (Å²) in [5.41, 5.74) is 8.27. The van der Waals surface area contributed by atoms with Crippen LogP contribution in [0.1, 0.15) is 30.0 Å². The number of hydrogen-bond acceptors (Lipinski definition) is 6. The lowest BCUT2D eigenvalue weighted by atomic mass is 9.97. The standard InChI is InChI=1S/C25H33N5O3/c1-33-22-8-4-18(5-9-22)23(25(31)32)30-12-10-21(11-13-30)29-16-14-28(15-17-29)20-6-2-19(3-7-20)24(26)27/h2-9,21,23H,10-17H2,1H3,(H3,26,27)(H,31,32). The molecule has 2 aliphatic rings. The molecule has 2 heterocycles. The first-order chi connectivity index (χ1) is 16.0. The molecule has 2 saturated heterocycles. The number of rotatable bonds is 7. The Bertz CT molecular complexity index is 947. The highest BCUT2D eigenvalue weighted by atomic mass is 16.5. The van der Waals surface area contributed by atoms with Gasteiger partial charge in [-0.1, -0.05) is 12.1 Å². The van der Waals surface area contributed by atoms with Crippen molar-refractivity contribution in [2.45, 2.75) is 24.9 Å². The van der Waals surface area contributed by atoms with Crippen molar-refractivity contribution in [3.63, 3.8) is 0 Å². The maximum absolute atomic E-state index is 12.1. The molecule has 0 amide bonds. The zero-order chi connectivity index (χ0) is 23.4. The number of nitrogens with two attached hydrogens (primary N) is 1. The zero-order valence-electron chi connectivity index (χ0n) is 19.1. The minimum Gasteiger partial charge on any atom is -0.497 e. The Hall–Kier alpha value is -3.10. The SMILES string of the molecule is COc1ccc(C(C(=O)O)N2CCC(N3CCN(c4ccc(C(=N)N)cc4)CC3)CC2)cc1. The number of ether oxygens (including phenoxy) is 1. The van der Waals surface area contributed by atoms with Gasteiger partial charge in [-0.25, -0.2) is 0 Å². The molecule has 2 aromatic carbocycles. The van der Waals surface area contributed by atoms with Gasteiger partial charge in [0.25, 0.3) is 0 Å². The number of hydrogen-bond donors (Lipinski definition) is 3. The Kier molecular flexibility index (Phi) is 7.15. The van der Waals surface area contributed by atoms with Crippen LogP contribution in [0.4, 0.5) is 5.69 Å². The van der Waals surface area contributed by atoms with Crippen molar-refractivity contribution in [1.82, 2.24) is 9.80 Å². The number of likely N-dealkylation sites (tertiary alicyclic amines) is 1. The Morgan fingerprint density at radius 3 is 2.12 bits per heavy atom. The molecule has 176 valence electrons. The van der Waals surface area contributed by atoms with Gasteiger partial charge < -0.3 is 20.5 Å². The van der Waals surface area contributed by atoms with E-state index in [4.69, 9.17) is 15.9 Å². The van der Waals surface area contributed by atoms with E-state index in [1.165, 1.54) is 5.69 Å². The van der Waals surface area contributed by atoms with Crippen molar-refractivity contribution in [1.29, 1.82) is 5.41 Å². The van der Waals surface area contributed by atoms with Gasteiger partial charge in [0.2, 0.25) is 0 Å². The summed E-state index contributed by atoms with van der Waals surface area (Å²) in [5, 5.41) is 17.4. The molecular weight excluding hydrogens is 418 g/mol. The van der Waals surface area contributed by atoms with Crippen LogP contribution in [0.5, 0.6) is 5.75 Å². The molecule has 4 rings (SSSR count). The number of piperazine rings is 1. The summed E-state index contributed by atoms with van der Waals surface area (Å²) in [6.07, 6.45) is 1.96. The molecule has 2 aromatic rings. The molecule has 1 atom stereocenters. The second-order valence-electron chi connectivity index (χ2n) is 8.76. The van der Waals surface area contributed by atoms with E-state index in [0.717, 1.165) is 69.0 Å². The molecule has 33 heavy (non-hydrogen) atoms. The highest BCUT2D eigenvalue weighted by molar-refractivity contribution is 5.95. The number of methoxy groups -OCH3 is 1. The first-order valence-electron chi connectivity index (χ1n) is 11.5. The summed E-state index contributed by atoms with van der Waals surface area (Å²) in [7, 11) is 1.61. The fraction of sp³-hybridized carbons (Fsp3) is 0.440. The number of aliphatic carboxylic acids is 1. The summed E-state index contributed by atoms with van der Waals surface area (Å²) >= 11 is 0. The van der Waals surface area contributed by atoms with Crippen LogP contribution in [0.3, 0.4) is 0 Å². The third-order valence-corrected chi connectivity index (χ3v) is 6.90. The zero-order valence-corrected chi connectivity index (χ0v) is 19.1. The van der Waals surface area contributed by atoms with Crippen molar-refractivity contribution in [2.75, 3.05) is 51.3 Å². The van der Waals surface area contributed by atoms with Crippen LogP contribution in [0.2, 0.25) is 0 Å². The van der Waals surface area contributed by atoms with Gasteiger partial charge in [-0.2, -0.15) is 0 Å². The topological polar surface area (TPSA) is 106 Å². The normalized spacial score (nSPS) is 19.2. The van der Waals surface area contributed by atoms with E-state index in [-0.39, 0.29) is 5.84 Å². The molecule has 0 spiro atoms. The number of carboxylic acid groups (broad SMARTS) is 1. The number of carboxylic acids is 1. The fourth-order valence-electron chi connectivity index (χ4n) is 5.00. The first kappa shape index (κ1) is 23.1. The van der Waals surface area contributed by atoms with Crippen LogP contribution >= 0.6 is 0 Å². The molecule has 0 aromatic heterocycles. The number of carbonyl (C=O) groups is 1. The van der Waals surface area contributed by atoms with Gasteiger partial charge in [-0.05, 0) is 54.8 Å². The lowest BCUT2D eigenvalue weighted by molar-refractivity contribution is -0.144. The van der Waals surface area contributed by atoms with Gasteiger partial charge in [0, 0.05) is 56.6 Å². The summed E-state index contributed by atoms with van der Waals surface area (Å²) < 4.78 is 5.20. The van der Waals surface area contributed by atoms with Crippen LogP contribution < -0.4 is 15.4 Å². The minimum atomic E-state index is -0.803. The summed E-state index contributed by atoms with van der Waals surface area (Å²) in [6.45, 7) is 5.48. The monoisotopic (exact) mass is 451 g/mol. The van der Waals surface area contributed by atoms with Gasteiger partial charge >= 0.3 is 5.97 Å². The van der Waals surface area contributed by atoms with E-state index >= 15 is 0 Å². The van der Waals surface area contributed by atoms with Crippen LogP contribution in [0.15, 0.2) is 48.5 Å². The molecule has 2 fully saturated rings. The van der Waals surface area contributed by atoms with Gasteiger partial charge in [0.05, 0.1) is 7.11 Å². The number of nitrogens with zero attached hydrogens (tertiary/aromatic N) is 3. The maximum atomic E-state index is 12.1. The Balaban J connectivity index is 1.30. The van der Waals surface area contributed by atoms with E-state index in [9.17, 15) is 9.90 Å².